The predicted octanol–water partition coefficient (Wildman–Crippen LogP) is 5.26. The van der Waals surface area contributed by atoms with E-state index in [9.17, 15) is 0 Å². The number of rotatable bonds is 8. The van der Waals surface area contributed by atoms with Crippen LogP contribution >= 0.6 is 11.3 Å². The number of benzene rings is 1. The molecule has 0 aliphatic heterocycles. The summed E-state index contributed by atoms with van der Waals surface area (Å²) in [5.74, 6) is 2.45. The molecule has 2 heterocycles. The lowest BCUT2D eigenvalue weighted by Crippen LogP contribution is -2.13. The second-order valence-electron chi connectivity index (χ2n) is 6.17. The SMILES string of the molecule is CCc1cc(C(C)CC)ccc1OCCNc1ncnc2sccc12. The molecule has 1 atom stereocenters. The maximum Gasteiger partial charge on any atom is 0.138 e. The molecule has 0 spiro atoms. The third-order valence-corrected chi connectivity index (χ3v) is 5.38. The fourth-order valence-electron chi connectivity index (χ4n) is 2.82. The van der Waals surface area contributed by atoms with Crippen molar-refractivity contribution in [1.82, 2.24) is 9.97 Å². The highest BCUT2D eigenvalue weighted by atomic mass is 32.1. The van der Waals surface area contributed by atoms with E-state index in [0.717, 1.165) is 34.6 Å². The molecule has 0 saturated heterocycles. The van der Waals surface area contributed by atoms with Crippen molar-refractivity contribution in [2.24, 2.45) is 0 Å². The topological polar surface area (TPSA) is 47.0 Å². The number of nitrogens with zero attached hydrogens (tertiary/aromatic N) is 2. The van der Waals surface area contributed by atoms with Crippen LogP contribution in [0.4, 0.5) is 5.82 Å². The van der Waals surface area contributed by atoms with E-state index in [2.05, 4.69) is 54.3 Å². The average Bonchev–Trinajstić information content (AvgIpc) is 3.14. The van der Waals surface area contributed by atoms with Crippen molar-refractivity contribution in [2.75, 3.05) is 18.5 Å². The first kappa shape index (κ1) is 17.7. The first-order valence-corrected chi connectivity index (χ1v) is 9.78. The quantitative estimate of drug-likeness (QED) is 0.560. The van der Waals surface area contributed by atoms with Gasteiger partial charge in [0.25, 0.3) is 0 Å². The number of nitrogens with one attached hydrogen (secondary N) is 1. The standard InChI is InChI=1S/C20H25N3OS/c1-4-14(3)16-6-7-18(15(5-2)12-16)24-10-9-21-19-17-8-11-25-20(17)23-13-22-19/h6-8,11-14H,4-5,9-10H2,1-3H3,(H,21,22,23). The molecule has 1 unspecified atom stereocenters. The van der Waals surface area contributed by atoms with Crippen molar-refractivity contribution in [3.8, 4) is 5.75 Å². The van der Waals surface area contributed by atoms with E-state index in [0.29, 0.717) is 19.1 Å². The normalized spacial score (nSPS) is 12.3. The minimum absolute atomic E-state index is 0.590. The lowest BCUT2D eigenvalue weighted by molar-refractivity contribution is 0.329. The molecule has 25 heavy (non-hydrogen) atoms. The van der Waals surface area contributed by atoms with E-state index in [4.69, 9.17) is 4.74 Å². The van der Waals surface area contributed by atoms with Gasteiger partial charge in [-0.25, -0.2) is 9.97 Å². The number of thiophene rings is 1. The van der Waals surface area contributed by atoms with E-state index in [-0.39, 0.29) is 0 Å². The molecule has 1 N–H and O–H groups in total. The molecule has 0 fully saturated rings. The van der Waals surface area contributed by atoms with Crippen LogP contribution in [0.3, 0.4) is 0 Å². The number of anilines is 1. The summed E-state index contributed by atoms with van der Waals surface area (Å²) in [7, 11) is 0. The highest BCUT2D eigenvalue weighted by Gasteiger charge is 2.08. The zero-order chi connectivity index (χ0) is 17.6. The maximum atomic E-state index is 6.01. The van der Waals surface area contributed by atoms with Crippen LogP contribution in [0, 0.1) is 0 Å². The minimum atomic E-state index is 0.590. The number of ether oxygens (including phenoxy) is 1. The Morgan fingerprint density at radius 3 is 2.88 bits per heavy atom. The molecular weight excluding hydrogens is 330 g/mol. The first-order valence-electron chi connectivity index (χ1n) is 8.90. The van der Waals surface area contributed by atoms with Crippen molar-refractivity contribution in [3.63, 3.8) is 0 Å². The zero-order valence-electron chi connectivity index (χ0n) is 15.1. The third-order valence-electron chi connectivity index (χ3n) is 4.56. The molecule has 0 saturated carbocycles. The Labute approximate surface area is 153 Å². The minimum Gasteiger partial charge on any atom is -0.491 e. The van der Waals surface area contributed by atoms with Crippen LogP contribution < -0.4 is 10.1 Å². The van der Waals surface area contributed by atoms with Gasteiger partial charge >= 0.3 is 0 Å². The molecule has 1 aromatic carbocycles. The van der Waals surface area contributed by atoms with Crippen LogP contribution in [-0.4, -0.2) is 23.1 Å². The van der Waals surface area contributed by atoms with E-state index < -0.39 is 0 Å². The summed E-state index contributed by atoms with van der Waals surface area (Å²) >= 11 is 1.63. The van der Waals surface area contributed by atoms with Crippen LogP contribution in [-0.2, 0) is 6.42 Å². The smallest absolute Gasteiger partial charge is 0.138 e. The molecule has 5 heteroatoms. The van der Waals surface area contributed by atoms with E-state index in [1.165, 1.54) is 11.1 Å². The second kappa shape index (κ2) is 8.30. The molecule has 0 radical (unpaired) electrons. The van der Waals surface area contributed by atoms with E-state index >= 15 is 0 Å². The van der Waals surface area contributed by atoms with Gasteiger partial charge in [0.1, 0.15) is 29.3 Å². The fraction of sp³-hybridized carbons (Fsp3) is 0.400. The lowest BCUT2D eigenvalue weighted by atomic mass is 9.96. The Balaban J connectivity index is 1.59. The monoisotopic (exact) mass is 355 g/mol. The fourth-order valence-corrected chi connectivity index (χ4v) is 3.55. The molecule has 0 bridgehead atoms. The Hall–Kier alpha value is -2.14. The van der Waals surface area contributed by atoms with Crippen molar-refractivity contribution in [3.05, 3.63) is 47.1 Å². The summed E-state index contributed by atoms with van der Waals surface area (Å²) in [5, 5.41) is 6.46. The summed E-state index contributed by atoms with van der Waals surface area (Å²) in [5.41, 5.74) is 2.67. The van der Waals surface area contributed by atoms with Gasteiger partial charge in [-0.2, -0.15) is 0 Å². The van der Waals surface area contributed by atoms with E-state index in [1.54, 1.807) is 17.7 Å². The first-order chi connectivity index (χ1) is 12.2. The van der Waals surface area contributed by atoms with Gasteiger partial charge < -0.3 is 10.1 Å². The van der Waals surface area contributed by atoms with Crippen LogP contribution in [0.2, 0.25) is 0 Å². The van der Waals surface area contributed by atoms with Crippen molar-refractivity contribution in [2.45, 2.75) is 39.5 Å². The molecule has 4 nitrogen and oxygen atoms in total. The Morgan fingerprint density at radius 1 is 1.20 bits per heavy atom. The van der Waals surface area contributed by atoms with Gasteiger partial charge in [-0.05, 0) is 47.4 Å². The number of hydrogen-bond donors (Lipinski definition) is 1. The van der Waals surface area contributed by atoms with Crippen molar-refractivity contribution in [1.29, 1.82) is 0 Å². The number of aromatic nitrogens is 2. The molecule has 132 valence electrons. The van der Waals surface area contributed by atoms with Crippen LogP contribution in [0.5, 0.6) is 5.75 Å². The van der Waals surface area contributed by atoms with Gasteiger partial charge in [-0.1, -0.05) is 32.9 Å². The molecule has 3 rings (SSSR count). The van der Waals surface area contributed by atoms with Gasteiger partial charge in [-0.15, -0.1) is 11.3 Å². The zero-order valence-corrected chi connectivity index (χ0v) is 15.9. The Kier molecular flexibility index (Phi) is 5.87. The molecule has 0 amide bonds. The molecule has 2 aromatic heterocycles. The Bertz CT molecular complexity index is 831. The number of aryl methyl sites for hydroxylation is 1. The molecule has 0 aliphatic carbocycles. The summed E-state index contributed by atoms with van der Waals surface area (Å²) in [4.78, 5) is 9.60. The molecular formula is C20H25N3OS. The number of fused-ring (bicyclic) bond motifs is 1. The summed E-state index contributed by atoms with van der Waals surface area (Å²) in [6.07, 6.45) is 3.74. The van der Waals surface area contributed by atoms with Crippen molar-refractivity contribution >= 4 is 27.4 Å². The Morgan fingerprint density at radius 2 is 2.08 bits per heavy atom. The van der Waals surface area contributed by atoms with Gasteiger partial charge in [0.15, 0.2) is 0 Å². The van der Waals surface area contributed by atoms with Gasteiger partial charge in [-0.3, -0.25) is 0 Å². The largest absolute Gasteiger partial charge is 0.491 e. The van der Waals surface area contributed by atoms with Gasteiger partial charge in [0.05, 0.1) is 11.9 Å². The van der Waals surface area contributed by atoms with Crippen molar-refractivity contribution < 1.29 is 4.74 Å². The highest BCUT2D eigenvalue weighted by molar-refractivity contribution is 7.16. The second-order valence-corrected chi connectivity index (χ2v) is 7.06. The van der Waals surface area contributed by atoms with Gasteiger partial charge in [0.2, 0.25) is 0 Å². The molecule has 3 aromatic rings. The predicted molar refractivity (Wildman–Crippen MR) is 106 cm³/mol. The summed E-state index contributed by atoms with van der Waals surface area (Å²) in [6.45, 7) is 7.98. The lowest BCUT2D eigenvalue weighted by Gasteiger charge is -2.15. The van der Waals surface area contributed by atoms with E-state index in [1.807, 2.05) is 11.4 Å². The summed E-state index contributed by atoms with van der Waals surface area (Å²) in [6, 6.07) is 8.64. The molecule has 0 aliphatic rings. The van der Waals surface area contributed by atoms with Gasteiger partial charge in [0, 0.05) is 0 Å². The third kappa shape index (κ3) is 4.10. The van der Waals surface area contributed by atoms with Crippen LogP contribution in [0.1, 0.15) is 44.2 Å². The summed E-state index contributed by atoms with van der Waals surface area (Å²) < 4.78 is 6.01. The maximum absolute atomic E-state index is 6.01. The van der Waals surface area contributed by atoms with Crippen LogP contribution in [0.25, 0.3) is 10.2 Å². The number of hydrogen-bond acceptors (Lipinski definition) is 5. The average molecular weight is 356 g/mol. The van der Waals surface area contributed by atoms with Crippen LogP contribution in [0.15, 0.2) is 36.0 Å². The highest BCUT2D eigenvalue weighted by Crippen LogP contribution is 2.27.